The standard InChI is InChI=1S/C14H22N2O2S/c1-2-7-19(17,18)14-6-4-3-5-13(14)16-10-11-8-12(15)9-11/h3-6,11-12,16H,2,7-10,15H2,1H3. The third-order valence-electron chi connectivity index (χ3n) is 3.55. The van der Waals surface area contributed by atoms with E-state index in [0.29, 0.717) is 23.3 Å². The van der Waals surface area contributed by atoms with Gasteiger partial charge < -0.3 is 11.1 Å². The Morgan fingerprint density at radius 1 is 1.32 bits per heavy atom. The molecule has 0 aromatic heterocycles. The molecule has 0 aliphatic heterocycles. The highest BCUT2D eigenvalue weighted by Gasteiger charge is 2.26. The van der Waals surface area contributed by atoms with E-state index in [1.807, 2.05) is 19.1 Å². The first-order chi connectivity index (χ1) is 9.03. The second kappa shape index (κ2) is 5.92. The van der Waals surface area contributed by atoms with Crippen LogP contribution in [0.2, 0.25) is 0 Å². The van der Waals surface area contributed by atoms with Gasteiger partial charge in [-0.25, -0.2) is 8.42 Å². The van der Waals surface area contributed by atoms with Gasteiger partial charge in [0.1, 0.15) is 0 Å². The van der Waals surface area contributed by atoms with Gasteiger partial charge in [-0.1, -0.05) is 19.1 Å². The van der Waals surface area contributed by atoms with E-state index >= 15 is 0 Å². The molecule has 1 aliphatic carbocycles. The quantitative estimate of drug-likeness (QED) is 0.837. The minimum Gasteiger partial charge on any atom is -0.384 e. The van der Waals surface area contributed by atoms with E-state index < -0.39 is 9.84 Å². The number of hydrogen-bond acceptors (Lipinski definition) is 4. The lowest BCUT2D eigenvalue weighted by molar-refractivity contribution is 0.280. The molecule has 0 unspecified atom stereocenters. The largest absolute Gasteiger partial charge is 0.384 e. The molecule has 1 aromatic rings. The predicted octanol–water partition coefficient (Wildman–Crippen LogP) is 2.02. The maximum Gasteiger partial charge on any atom is 0.180 e. The summed E-state index contributed by atoms with van der Waals surface area (Å²) in [5, 5.41) is 3.27. The third-order valence-corrected chi connectivity index (χ3v) is 5.52. The maximum absolute atomic E-state index is 12.2. The number of nitrogens with two attached hydrogens (primary N) is 1. The van der Waals surface area contributed by atoms with Gasteiger partial charge in [0.05, 0.1) is 16.3 Å². The fraction of sp³-hybridized carbons (Fsp3) is 0.571. The van der Waals surface area contributed by atoms with Gasteiger partial charge in [0.15, 0.2) is 9.84 Å². The van der Waals surface area contributed by atoms with E-state index in [2.05, 4.69) is 5.32 Å². The maximum atomic E-state index is 12.2. The Hall–Kier alpha value is -1.07. The van der Waals surface area contributed by atoms with E-state index in [9.17, 15) is 8.42 Å². The molecule has 106 valence electrons. The highest BCUT2D eigenvalue weighted by molar-refractivity contribution is 7.91. The molecule has 1 fully saturated rings. The summed E-state index contributed by atoms with van der Waals surface area (Å²) in [6.07, 6.45) is 2.68. The Morgan fingerprint density at radius 3 is 2.63 bits per heavy atom. The van der Waals surface area contributed by atoms with Crippen LogP contribution in [0.5, 0.6) is 0 Å². The SMILES string of the molecule is CCCS(=O)(=O)c1ccccc1NCC1CC(N)C1. The van der Waals surface area contributed by atoms with Crippen LogP contribution < -0.4 is 11.1 Å². The lowest BCUT2D eigenvalue weighted by atomic mass is 9.81. The summed E-state index contributed by atoms with van der Waals surface area (Å²) in [5.74, 6) is 0.761. The van der Waals surface area contributed by atoms with E-state index in [-0.39, 0.29) is 5.75 Å². The number of hydrogen-bond donors (Lipinski definition) is 2. The van der Waals surface area contributed by atoms with Crippen LogP contribution in [0.15, 0.2) is 29.2 Å². The van der Waals surface area contributed by atoms with E-state index in [1.165, 1.54) is 0 Å². The van der Waals surface area contributed by atoms with Crippen molar-refractivity contribution in [1.82, 2.24) is 0 Å². The minimum absolute atomic E-state index is 0.194. The molecule has 5 heteroatoms. The van der Waals surface area contributed by atoms with Gasteiger partial charge in [0.2, 0.25) is 0 Å². The molecular weight excluding hydrogens is 260 g/mol. The first kappa shape index (κ1) is 14.3. The van der Waals surface area contributed by atoms with Crippen LogP contribution in [0.3, 0.4) is 0 Å². The number of sulfone groups is 1. The minimum atomic E-state index is -3.18. The molecule has 0 heterocycles. The molecule has 0 atom stereocenters. The summed E-state index contributed by atoms with van der Waals surface area (Å²) in [5.41, 5.74) is 6.47. The van der Waals surface area contributed by atoms with E-state index in [4.69, 9.17) is 5.73 Å². The van der Waals surface area contributed by atoms with Crippen molar-refractivity contribution in [2.45, 2.75) is 37.1 Å². The lowest BCUT2D eigenvalue weighted by Crippen LogP contribution is -2.39. The molecule has 0 spiro atoms. The highest BCUT2D eigenvalue weighted by atomic mass is 32.2. The van der Waals surface area contributed by atoms with Crippen LogP contribution in [0.1, 0.15) is 26.2 Å². The zero-order chi connectivity index (χ0) is 13.9. The topological polar surface area (TPSA) is 72.2 Å². The number of anilines is 1. The van der Waals surface area contributed by atoms with Crippen LogP contribution in [0.4, 0.5) is 5.69 Å². The summed E-state index contributed by atoms with van der Waals surface area (Å²) < 4.78 is 24.3. The van der Waals surface area contributed by atoms with E-state index in [1.54, 1.807) is 12.1 Å². The molecule has 0 amide bonds. The zero-order valence-electron chi connectivity index (χ0n) is 11.3. The second-order valence-corrected chi connectivity index (χ2v) is 7.37. The molecule has 4 nitrogen and oxygen atoms in total. The average molecular weight is 282 g/mol. The molecule has 0 radical (unpaired) electrons. The Kier molecular flexibility index (Phi) is 4.47. The average Bonchev–Trinajstić information content (AvgIpc) is 2.33. The number of benzene rings is 1. The first-order valence-corrected chi connectivity index (χ1v) is 8.49. The summed E-state index contributed by atoms with van der Waals surface area (Å²) in [6, 6.07) is 7.47. The second-order valence-electron chi connectivity index (χ2n) is 5.29. The van der Waals surface area contributed by atoms with Gasteiger partial charge in [0, 0.05) is 12.6 Å². The van der Waals surface area contributed by atoms with Gasteiger partial charge >= 0.3 is 0 Å². The van der Waals surface area contributed by atoms with Crippen molar-refractivity contribution >= 4 is 15.5 Å². The van der Waals surface area contributed by atoms with Crippen LogP contribution in [-0.4, -0.2) is 26.8 Å². The smallest absolute Gasteiger partial charge is 0.180 e. The van der Waals surface area contributed by atoms with Crippen molar-refractivity contribution in [1.29, 1.82) is 0 Å². The summed E-state index contributed by atoms with van der Waals surface area (Å²) >= 11 is 0. The van der Waals surface area contributed by atoms with Crippen molar-refractivity contribution in [2.75, 3.05) is 17.6 Å². The van der Waals surface area contributed by atoms with Crippen molar-refractivity contribution in [3.05, 3.63) is 24.3 Å². The van der Waals surface area contributed by atoms with E-state index in [0.717, 1.165) is 25.1 Å². The molecule has 1 aromatic carbocycles. The van der Waals surface area contributed by atoms with Gasteiger partial charge in [-0.3, -0.25) is 0 Å². The molecular formula is C14H22N2O2S. The molecule has 19 heavy (non-hydrogen) atoms. The monoisotopic (exact) mass is 282 g/mol. The Balaban J connectivity index is 2.08. The number of rotatable bonds is 6. The van der Waals surface area contributed by atoms with Crippen LogP contribution in [0, 0.1) is 5.92 Å². The zero-order valence-corrected chi connectivity index (χ0v) is 12.1. The van der Waals surface area contributed by atoms with Gasteiger partial charge in [-0.05, 0) is 37.3 Å². The summed E-state index contributed by atoms with van der Waals surface area (Å²) in [4.78, 5) is 0.417. The molecule has 3 N–H and O–H groups in total. The number of para-hydroxylation sites is 1. The molecule has 0 saturated heterocycles. The fourth-order valence-electron chi connectivity index (χ4n) is 2.47. The van der Waals surface area contributed by atoms with Gasteiger partial charge in [-0.15, -0.1) is 0 Å². The first-order valence-electron chi connectivity index (χ1n) is 6.84. The summed E-state index contributed by atoms with van der Waals surface area (Å²) in [7, 11) is -3.18. The number of nitrogens with one attached hydrogen (secondary N) is 1. The van der Waals surface area contributed by atoms with Crippen LogP contribution in [0.25, 0.3) is 0 Å². The molecule has 2 rings (SSSR count). The Bertz CT molecular complexity index is 522. The van der Waals surface area contributed by atoms with Gasteiger partial charge in [-0.2, -0.15) is 0 Å². The van der Waals surface area contributed by atoms with Crippen molar-refractivity contribution in [2.24, 2.45) is 11.7 Å². The lowest BCUT2D eigenvalue weighted by Gasteiger charge is -2.32. The molecule has 1 aliphatic rings. The normalized spacial score (nSPS) is 22.8. The molecule has 0 bridgehead atoms. The summed E-state index contributed by atoms with van der Waals surface area (Å²) in [6.45, 7) is 2.68. The van der Waals surface area contributed by atoms with Crippen molar-refractivity contribution in [3.8, 4) is 0 Å². The van der Waals surface area contributed by atoms with Crippen molar-refractivity contribution < 1.29 is 8.42 Å². The molecule has 1 saturated carbocycles. The predicted molar refractivity (Wildman–Crippen MR) is 78.0 cm³/mol. The third kappa shape index (κ3) is 3.48. The Morgan fingerprint density at radius 2 is 2.00 bits per heavy atom. The fourth-order valence-corrected chi connectivity index (χ4v) is 3.99. The van der Waals surface area contributed by atoms with Crippen LogP contribution in [-0.2, 0) is 9.84 Å². The van der Waals surface area contributed by atoms with Crippen LogP contribution >= 0.6 is 0 Å². The Labute approximate surface area is 115 Å². The van der Waals surface area contributed by atoms with Crippen molar-refractivity contribution in [3.63, 3.8) is 0 Å². The van der Waals surface area contributed by atoms with Gasteiger partial charge in [0.25, 0.3) is 0 Å². The highest BCUT2D eigenvalue weighted by Crippen LogP contribution is 2.28.